The molecule has 0 atom stereocenters. The van der Waals surface area contributed by atoms with Crippen LogP contribution in [0.4, 0.5) is 0 Å². The molecule has 1 aromatic heterocycles. The van der Waals surface area contributed by atoms with Crippen molar-refractivity contribution in [1.29, 1.82) is 0 Å². The Bertz CT molecular complexity index is 1490. The van der Waals surface area contributed by atoms with Crippen LogP contribution in [0.15, 0.2) is 63.8 Å². The summed E-state index contributed by atoms with van der Waals surface area (Å²) in [5.41, 5.74) is 3.01. The summed E-state index contributed by atoms with van der Waals surface area (Å²) in [5, 5.41) is 0.803. The first-order chi connectivity index (χ1) is 17.1. The number of hydrogen-bond acceptors (Lipinski definition) is 8. The zero-order chi connectivity index (χ0) is 23.9. The number of nitrogens with zero attached hydrogens (tertiary/aromatic N) is 1. The van der Waals surface area contributed by atoms with Gasteiger partial charge >= 0.3 is 5.63 Å². The maximum Gasteiger partial charge on any atom is 0.344 e. The molecule has 35 heavy (non-hydrogen) atoms. The Labute approximate surface area is 201 Å². The van der Waals surface area contributed by atoms with Crippen molar-refractivity contribution in [2.45, 2.75) is 13.1 Å². The Morgan fingerprint density at radius 2 is 1.71 bits per heavy atom. The highest BCUT2D eigenvalue weighted by Gasteiger charge is 2.24. The number of ether oxygens (including phenoxy) is 5. The summed E-state index contributed by atoms with van der Waals surface area (Å²) in [6.07, 6.45) is 0. The van der Waals surface area contributed by atoms with Gasteiger partial charge in [0.05, 0.1) is 25.3 Å². The minimum Gasteiger partial charge on any atom is -0.497 e. The Kier molecular flexibility index (Phi) is 5.22. The van der Waals surface area contributed by atoms with Crippen LogP contribution >= 0.6 is 0 Å². The number of rotatable bonds is 5. The van der Waals surface area contributed by atoms with E-state index in [0.717, 1.165) is 28.0 Å². The summed E-state index contributed by atoms with van der Waals surface area (Å²) in [5.74, 6) is 3.41. The van der Waals surface area contributed by atoms with Crippen molar-refractivity contribution < 1.29 is 28.1 Å². The summed E-state index contributed by atoms with van der Waals surface area (Å²) in [4.78, 5) is 15.3. The highest BCUT2D eigenvalue weighted by Crippen LogP contribution is 2.37. The largest absolute Gasteiger partial charge is 0.497 e. The second-order valence-corrected chi connectivity index (χ2v) is 8.42. The van der Waals surface area contributed by atoms with Gasteiger partial charge in [-0.3, -0.25) is 4.90 Å². The first-order valence-corrected chi connectivity index (χ1v) is 11.2. The minimum absolute atomic E-state index is 0.244. The van der Waals surface area contributed by atoms with Gasteiger partial charge < -0.3 is 28.1 Å². The number of benzene rings is 3. The minimum atomic E-state index is -0.453. The molecule has 0 unspecified atom stereocenters. The van der Waals surface area contributed by atoms with Crippen LogP contribution in [0.3, 0.4) is 0 Å². The number of fused-ring (bicyclic) bond motifs is 4. The van der Waals surface area contributed by atoms with Crippen LogP contribution in [0, 0.1) is 0 Å². The van der Waals surface area contributed by atoms with E-state index in [9.17, 15) is 4.79 Å². The van der Waals surface area contributed by atoms with Gasteiger partial charge in [-0.05, 0) is 54.1 Å². The van der Waals surface area contributed by atoms with Gasteiger partial charge in [0.2, 0.25) is 6.79 Å². The molecular formula is C27H23NO7. The van der Waals surface area contributed by atoms with Gasteiger partial charge in [-0.1, -0.05) is 6.07 Å². The van der Waals surface area contributed by atoms with Crippen molar-refractivity contribution in [3.63, 3.8) is 0 Å². The second kappa shape index (κ2) is 8.56. The molecule has 0 spiro atoms. The predicted molar refractivity (Wildman–Crippen MR) is 128 cm³/mol. The summed E-state index contributed by atoms with van der Waals surface area (Å²) in [6.45, 7) is 1.89. The standard InChI is InChI=1S/C27H23NO7/c1-30-18-5-8-22(31-2)19(11-18)20-10-17-4-7-23-21(26(17)35-27(20)29)13-28(14-32-23)12-16-3-6-24-25(9-16)34-15-33-24/h3-11H,12-15H2,1-2H3. The smallest absolute Gasteiger partial charge is 0.344 e. The van der Waals surface area contributed by atoms with Gasteiger partial charge in [0.15, 0.2) is 11.5 Å². The maximum atomic E-state index is 13.1. The second-order valence-electron chi connectivity index (χ2n) is 8.42. The van der Waals surface area contributed by atoms with E-state index in [1.54, 1.807) is 32.4 Å². The molecule has 6 rings (SSSR count). The molecule has 0 N–H and O–H groups in total. The molecule has 0 fully saturated rings. The lowest BCUT2D eigenvalue weighted by atomic mass is 10.0. The third-order valence-electron chi connectivity index (χ3n) is 6.29. The molecule has 4 aromatic rings. The molecule has 3 aromatic carbocycles. The highest BCUT2D eigenvalue weighted by molar-refractivity contribution is 5.87. The molecule has 0 amide bonds. The van der Waals surface area contributed by atoms with Gasteiger partial charge in [0, 0.05) is 24.0 Å². The molecule has 0 saturated carbocycles. The zero-order valence-electron chi connectivity index (χ0n) is 19.3. The third kappa shape index (κ3) is 3.81. The van der Waals surface area contributed by atoms with E-state index in [-0.39, 0.29) is 6.79 Å². The van der Waals surface area contributed by atoms with Gasteiger partial charge in [0.1, 0.15) is 29.6 Å². The lowest BCUT2D eigenvalue weighted by Gasteiger charge is -2.29. The molecule has 0 bridgehead atoms. The van der Waals surface area contributed by atoms with E-state index < -0.39 is 5.63 Å². The average Bonchev–Trinajstić information content (AvgIpc) is 3.36. The van der Waals surface area contributed by atoms with Gasteiger partial charge in [-0.15, -0.1) is 0 Å². The normalized spacial score (nSPS) is 14.5. The van der Waals surface area contributed by atoms with Crippen LogP contribution in [0.1, 0.15) is 11.1 Å². The average molecular weight is 473 g/mol. The zero-order valence-corrected chi connectivity index (χ0v) is 19.3. The van der Waals surface area contributed by atoms with Crippen molar-refractivity contribution in [2.24, 2.45) is 0 Å². The van der Waals surface area contributed by atoms with E-state index in [0.29, 0.717) is 53.8 Å². The fraction of sp³-hybridized carbons (Fsp3) is 0.222. The lowest BCUT2D eigenvalue weighted by molar-refractivity contribution is 0.0889. The molecule has 0 saturated heterocycles. The molecule has 2 aliphatic rings. The fourth-order valence-corrected chi connectivity index (χ4v) is 4.55. The van der Waals surface area contributed by atoms with Crippen LogP contribution in [0.5, 0.6) is 28.7 Å². The van der Waals surface area contributed by atoms with Gasteiger partial charge in [-0.2, -0.15) is 0 Å². The third-order valence-corrected chi connectivity index (χ3v) is 6.29. The van der Waals surface area contributed by atoms with Gasteiger partial charge in [-0.25, -0.2) is 4.79 Å². The number of hydrogen-bond donors (Lipinski definition) is 0. The van der Waals surface area contributed by atoms with Crippen molar-refractivity contribution in [1.82, 2.24) is 4.90 Å². The highest BCUT2D eigenvalue weighted by atomic mass is 16.7. The molecule has 8 nitrogen and oxygen atoms in total. The first kappa shape index (κ1) is 21.4. The summed E-state index contributed by atoms with van der Waals surface area (Å²) in [6, 6.07) is 16.9. The van der Waals surface area contributed by atoms with Crippen LogP contribution < -0.4 is 29.3 Å². The molecule has 0 radical (unpaired) electrons. The van der Waals surface area contributed by atoms with Crippen molar-refractivity contribution in [3.8, 4) is 39.9 Å². The molecular weight excluding hydrogens is 450 g/mol. The molecule has 178 valence electrons. The van der Waals surface area contributed by atoms with Crippen molar-refractivity contribution in [3.05, 3.63) is 76.1 Å². The fourth-order valence-electron chi connectivity index (χ4n) is 4.55. The maximum absolute atomic E-state index is 13.1. The van der Waals surface area contributed by atoms with Crippen LogP contribution in [0.25, 0.3) is 22.1 Å². The van der Waals surface area contributed by atoms with Crippen LogP contribution in [-0.4, -0.2) is 32.6 Å². The topological polar surface area (TPSA) is 79.6 Å². The van der Waals surface area contributed by atoms with E-state index in [1.807, 2.05) is 36.4 Å². The Balaban J connectivity index is 1.35. The van der Waals surface area contributed by atoms with Crippen LogP contribution in [0.2, 0.25) is 0 Å². The summed E-state index contributed by atoms with van der Waals surface area (Å²) >= 11 is 0. The molecule has 8 heteroatoms. The van der Waals surface area contributed by atoms with Gasteiger partial charge in [0.25, 0.3) is 0 Å². The Hall–Kier alpha value is -4.17. The van der Waals surface area contributed by atoms with Crippen molar-refractivity contribution in [2.75, 3.05) is 27.7 Å². The van der Waals surface area contributed by atoms with E-state index in [1.165, 1.54) is 0 Å². The van der Waals surface area contributed by atoms with Crippen LogP contribution in [-0.2, 0) is 13.1 Å². The quantitative estimate of drug-likeness (QED) is 0.391. The molecule has 2 aliphatic heterocycles. The summed E-state index contributed by atoms with van der Waals surface area (Å²) < 4.78 is 33.6. The Morgan fingerprint density at radius 3 is 2.57 bits per heavy atom. The Morgan fingerprint density at radius 1 is 0.857 bits per heavy atom. The van der Waals surface area contributed by atoms with E-state index >= 15 is 0 Å². The van der Waals surface area contributed by atoms with Crippen molar-refractivity contribution >= 4 is 11.0 Å². The summed E-state index contributed by atoms with van der Waals surface area (Å²) in [7, 11) is 3.15. The first-order valence-electron chi connectivity index (χ1n) is 11.2. The van der Waals surface area contributed by atoms with E-state index in [4.69, 9.17) is 28.1 Å². The number of methoxy groups -OCH3 is 2. The molecule has 0 aliphatic carbocycles. The predicted octanol–water partition coefficient (Wildman–Crippen LogP) is 4.56. The lowest BCUT2D eigenvalue weighted by Crippen LogP contribution is -2.31. The molecule has 3 heterocycles. The monoisotopic (exact) mass is 473 g/mol. The SMILES string of the molecule is COc1ccc(OC)c(-c2cc3ccc4c(c3oc2=O)CN(Cc2ccc3c(c2)OCO3)CO4)c1. The van der Waals surface area contributed by atoms with E-state index in [2.05, 4.69) is 4.90 Å².